The number of carbonyl (C=O) groups excluding carboxylic acids is 1. The highest BCUT2D eigenvalue weighted by atomic mass is 79.9. The van der Waals surface area contributed by atoms with Crippen LogP contribution in [-0.4, -0.2) is 38.3 Å². The van der Waals surface area contributed by atoms with Gasteiger partial charge in [-0.3, -0.25) is 0 Å². The van der Waals surface area contributed by atoms with Crippen LogP contribution < -0.4 is 5.73 Å². The number of hydrogen-bond donors (Lipinski definition) is 1. The van der Waals surface area contributed by atoms with Gasteiger partial charge < -0.3 is 10.5 Å². The summed E-state index contributed by atoms with van der Waals surface area (Å²) in [6, 6.07) is 3.98. The fourth-order valence-electron chi connectivity index (χ4n) is 1.38. The van der Waals surface area contributed by atoms with Gasteiger partial charge in [0.05, 0.1) is 17.0 Å². The van der Waals surface area contributed by atoms with E-state index < -0.39 is 27.7 Å². The van der Waals surface area contributed by atoms with Gasteiger partial charge in [-0.2, -0.15) is 4.40 Å². The number of hydrogen-bond acceptors (Lipinski definition) is 5. The van der Waals surface area contributed by atoms with Crippen LogP contribution in [0.1, 0.15) is 33.4 Å². The van der Waals surface area contributed by atoms with Crippen LogP contribution in [0.3, 0.4) is 0 Å². The lowest BCUT2D eigenvalue weighted by atomic mass is 10.1. The first-order valence-corrected chi connectivity index (χ1v) is 8.62. The third kappa shape index (κ3) is 5.26. The first kappa shape index (κ1) is 18.9. The zero-order valence-corrected chi connectivity index (χ0v) is 15.4. The van der Waals surface area contributed by atoms with E-state index >= 15 is 0 Å². The Kier molecular flexibility index (Phi) is 6.83. The van der Waals surface area contributed by atoms with E-state index in [0.717, 1.165) is 0 Å². The van der Waals surface area contributed by atoms with E-state index in [1.165, 1.54) is 0 Å². The number of aromatic nitrogens is 1. The number of halogens is 1. The van der Waals surface area contributed by atoms with Crippen molar-refractivity contribution in [2.75, 3.05) is 6.61 Å². The molecule has 0 aliphatic heterocycles. The van der Waals surface area contributed by atoms with Gasteiger partial charge in [0.25, 0.3) is 0 Å². The second-order valence-corrected chi connectivity index (χ2v) is 8.13. The molecular formula is C14H20BrN3O3S. The van der Waals surface area contributed by atoms with Crippen molar-refractivity contribution in [2.24, 2.45) is 10.1 Å². The Hall–Kier alpha value is -1.12. The average Bonchev–Trinajstić information content (AvgIpc) is 2.42. The molecule has 122 valence electrons. The fourth-order valence-corrected chi connectivity index (χ4v) is 2.39. The quantitative estimate of drug-likeness (QED) is 0.471. The SMILES string of the molecule is CCOC(=O)[C@@H](N)/C(=N/[S@@](=O)C(C)(C)C)c1cccc(Br)n1. The van der Waals surface area contributed by atoms with E-state index in [-0.39, 0.29) is 12.3 Å². The molecule has 0 saturated heterocycles. The molecule has 2 atom stereocenters. The molecule has 0 aliphatic rings. The Bertz CT molecular complexity index is 599. The Labute approximate surface area is 141 Å². The molecule has 0 fully saturated rings. The van der Waals surface area contributed by atoms with Crippen LogP contribution in [-0.2, 0) is 20.5 Å². The Morgan fingerprint density at radius 3 is 2.64 bits per heavy atom. The summed E-state index contributed by atoms with van der Waals surface area (Å²) < 4.78 is 21.3. The van der Waals surface area contributed by atoms with E-state index in [2.05, 4.69) is 25.3 Å². The standard InChI is InChI=1S/C14H20BrN3O3S/c1-5-21-13(19)11(16)12(18-22(20)14(2,3)4)9-7-6-8-10(15)17-9/h6-8,11H,5,16H2,1-4H3/b18-12+/t11-,22-/m0/s1. The molecule has 0 saturated carbocycles. The van der Waals surface area contributed by atoms with Crippen LogP contribution >= 0.6 is 15.9 Å². The lowest BCUT2D eigenvalue weighted by Gasteiger charge is -2.17. The number of nitrogens with two attached hydrogens (primary N) is 1. The molecule has 2 N–H and O–H groups in total. The summed E-state index contributed by atoms with van der Waals surface area (Å²) in [5.41, 5.74) is 6.45. The molecule has 0 aromatic carbocycles. The third-order valence-electron chi connectivity index (χ3n) is 2.52. The van der Waals surface area contributed by atoms with E-state index in [0.29, 0.717) is 10.3 Å². The highest BCUT2D eigenvalue weighted by Crippen LogP contribution is 2.16. The smallest absolute Gasteiger partial charge is 0.329 e. The molecular weight excluding hydrogens is 370 g/mol. The summed E-state index contributed by atoms with van der Waals surface area (Å²) in [5, 5.41) is 0. The lowest BCUT2D eigenvalue weighted by Crippen LogP contribution is -2.41. The van der Waals surface area contributed by atoms with Crippen molar-refractivity contribution in [1.82, 2.24) is 4.98 Å². The molecule has 6 nitrogen and oxygen atoms in total. The van der Waals surface area contributed by atoms with Crippen LogP contribution in [0.25, 0.3) is 0 Å². The topological polar surface area (TPSA) is 94.6 Å². The van der Waals surface area contributed by atoms with Crippen LogP contribution in [0.15, 0.2) is 27.2 Å². The van der Waals surface area contributed by atoms with Gasteiger partial charge in [0.1, 0.15) is 27.3 Å². The number of pyridine rings is 1. The molecule has 0 radical (unpaired) electrons. The maximum atomic E-state index is 12.3. The lowest BCUT2D eigenvalue weighted by molar-refractivity contribution is -0.142. The minimum Gasteiger partial charge on any atom is -0.465 e. The minimum atomic E-state index is -1.57. The van der Waals surface area contributed by atoms with Crippen molar-refractivity contribution in [2.45, 2.75) is 38.5 Å². The van der Waals surface area contributed by atoms with E-state index in [1.54, 1.807) is 45.9 Å². The Morgan fingerprint density at radius 2 is 2.14 bits per heavy atom. The number of ether oxygens (including phenoxy) is 1. The molecule has 1 aromatic rings. The summed E-state index contributed by atoms with van der Waals surface area (Å²) in [7, 11) is -1.57. The van der Waals surface area contributed by atoms with E-state index in [1.807, 2.05) is 0 Å². The number of nitrogens with zero attached hydrogens (tertiary/aromatic N) is 2. The summed E-state index contributed by atoms with van der Waals surface area (Å²) in [6.45, 7) is 7.25. The van der Waals surface area contributed by atoms with Crippen LogP contribution in [0.2, 0.25) is 0 Å². The number of rotatable bonds is 5. The largest absolute Gasteiger partial charge is 0.465 e. The Morgan fingerprint density at radius 1 is 1.50 bits per heavy atom. The van der Waals surface area contributed by atoms with Crippen molar-refractivity contribution in [3.8, 4) is 0 Å². The van der Waals surface area contributed by atoms with Crippen LogP contribution in [0, 0.1) is 0 Å². The van der Waals surface area contributed by atoms with Gasteiger partial charge in [-0.1, -0.05) is 6.07 Å². The van der Waals surface area contributed by atoms with Crippen LogP contribution in [0.4, 0.5) is 0 Å². The van der Waals surface area contributed by atoms with E-state index in [4.69, 9.17) is 10.5 Å². The molecule has 1 aromatic heterocycles. The molecule has 1 heterocycles. The van der Waals surface area contributed by atoms with Gasteiger partial charge in [-0.15, -0.1) is 0 Å². The number of carbonyl (C=O) groups is 1. The average molecular weight is 390 g/mol. The van der Waals surface area contributed by atoms with Gasteiger partial charge in [-0.05, 0) is 55.8 Å². The second kappa shape index (κ2) is 7.94. The van der Waals surface area contributed by atoms with Gasteiger partial charge in [-0.25, -0.2) is 14.0 Å². The predicted octanol–water partition coefficient (Wildman–Crippen LogP) is 1.99. The monoisotopic (exact) mass is 389 g/mol. The summed E-state index contributed by atoms with van der Waals surface area (Å²) >= 11 is 3.25. The molecule has 0 spiro atoms. The van der Waals surface area contributed by atoms with Crippen molar-refractivity contribution < 1.29 is 13.7 Å². The van der Waals surface area contributed by atoms with Crippen molar-refractivity contribution in [3.05, 3.63) is 28.5 Å². The third-order valence-corrected chi connectivity index (χ3v) is 4.37. The molecule has 22 heavy (non-hydrogen) atoms. The zero-order valence-electron chi connectivity index (χ0n) is 13.0. The predicted molar refractivity (Wildman–Crippen MR) is 91.0 cm³/mol. The van der Waals surface area contributed by atoms with Gasteiger partial charge in [0, 0.05) is 0 Å². The number of esters is 1. The van der Waals surface area contributed by atoms with Gasteiger partial charge >= 0.3 is 5.97 Å². The van der Waals surface area contributed by atoms with E-state index in [9.17, 15) is 9.00 Å². The zero-order chi connectivity index (χ0) is 16.9. The highest BCUT2D eigenvalue weighted by Gasteiger charge is 2.27. The minimum absolute atomic E-state index is 0.146. The van der Waals surface area contributed by atoms with Crippen molar-refractivity contribution >= 4 is 38.6 Å². The molecule has 0 aliphatic carbocycles. The molecule has 0 bridgehead atoms. The first-order chi connectivity index (χ1) is 10.2. The van der Waals surface area contributed by atoms with Crippen LogP contribution in [0.5, 0.6) is 0 Å². The second-order valence-electron chi connectivity index (χ2n) is 5.41. The molecule has 0 unspecified atom stereocenters. The van der Waals surface area contributed by atoms with Gasteiger partial charge in [0.15, 0.2) is 0 Å². The first-order valence-electron chi connectivity index (χ1n) is 6.72. The maximum Gasteiger partial charge on any atom is 0.329 e. The fraction of sp³-hybridized carbons (Fsp3) is 0.500. The van der Waals surface area contributed by atoms with Gasteiger partial charge in [0.2, 0.25) is 0 Å². The Balaban J connectivity index is 3.30. The summed E-state index contributed by atoms with van der Waals surface area (Å²) in [5.74, 6) is -0.631. The molecule has 8 heteroatoms. The normalized spacial score (nSPS) is 15.3. The summed E-state index contributed by atoms with van der Waals surface area (Å²) in [4.78, 5) is 16.1. The highest BCUT2D eigenvalue weighted by molar-refractivity contribution is 9.10. The molecule has 0 amide bonds. The molecule has 1 rings (SSSR count). The van der Waals surface area contributed by atoms with Crippen molar-refractivity contribution in [1.29, 1.82) is 0 Å². The van der Waals surface area contributed by atoms with Crippen molar-refractivity contribution in [3.63, 3.8) is 0 Å². The summed E-state index contributed by atoms with van der Waals surface area (Å²) in [6.07, 6.45) is 0. The maximum absolute atomic E-state index is 12.3.